The van der Waals surface area contributed by atoms with Crippen molar-refractivity contribution in [2.75, 3.05) is 25.9 Å². The van der Waals surface area contributed by atoms with Crippen LogP contribution >= 0.6 is 24.0 Å². The highest BCUT2D eigenvalue weighted by molar-refractivity contribution is 14.0. The average Bonchev–Trinajstić information content (AvgIpc) is 2.48. The van der Waals surface area contributed by atoms with E-state index in [2.05, 4.69) is 20.3 Å². The summed E-state index contributed by atoms with van der Waals surface area (Å²) in [5.41, 5.74) is 0.534. The monoisotopic (exact) mass is 444 g/mol. The second kappa shape index (κ2) is 10.7. The number of sulfonamides is 1. The van der Waals surface area contributed by atoms with Crippen LogP contribution in [0, 0.1) is 5.82 Å². The molecule has 0 aromatic heterocycles. The van der Waals surface area contributed by atoms with Gasteiger partial charge in [0.2, 0.25) is 10.0 Å². The van der Waals surface area contributed by atoms with Crippen LogP contribution in [-0.2, 0) is 16.6 Å². The van der Waals surface area contributed by atoms with E-state index in [0.717, 1.165) is 0 Å². The molecule has 1 aromatic rings. The van der Waals surface area contributed by atoms with E-state index in [0.29, 0.717) is 24.6 Å². The van der Waals surface area contributed by atoms with E-state index >= 15 is 0 Å². The van der Waals surface area contributed by atoms with Crippen LogP contribution in [0.4, 0.5) is 4.39 Å². The highest BCUT2D eigenvalue weighted by Crippen LogP contribution is 2.05. The highest BCUT2D eigenvalue weighted by atomic mass is 127. The van der Waals surface area contributed by atoms with Gasteiger partial charge in [0.15, 0.2) is 5.96 Å². The van der Waals surface area contributed by atoms with Crippen LogP contribution in [0.5, 0.6) is 0 Å². The van der Waals surface area contributed by atoms with Gasteiger partial charge in [0, 0.05) is 32.2 Å². The SMILES string of the molecule is CCS(=O)(=O)NCCNC(=NC)NCc1ccccc1F.I. The van der Waals surface area contributed by atoms with Gasteiger partial charge in [-0.2, -0.15) is 0 Å². The Morgan fingerprint density at radius 2 is 1.91 bits per heavy atom. The van der Waals surface area contributed by atoms with Crippen molar-refractivity contribution in [2.24, 2.45) is 4.99 Å². The van der Waals surface area contributed by atoms with E-state index in [1.165, 1.54) is 6.07 Å². The molecule has 22 heavy (non-hydrogen) atoms. The summed E-state index contributed by atoms with van der Waals surface area (Å²) in [6.45, 7) is 2.52. The molecule has 0 fully saturated rings. The first-order valence-corrected chi connectivity index (χ1v) is 8.29. The third-order valence-corrected chi connectivity index (χ3v) is 4.15. The van der Waals surface area contributed by atoms with Crippen molar-refractivity contribution < 1.29 is 12.8 Å². The van der Waals surface area contributed by atoms with Gasteiger partial charge in [-0.15, -0.1) is 24.0 Å². The first kappa shape index (κ1) is 21.1. The molecule has 0 aliphatic rings. The number of guanidine groups is 1. The average molecular weight is 444 g/mol. The standard InChI is InChI=1S/C13H21FN4O2S.HI/c1-3-21(19,20)18-9-8-16-13(15-2)17-10-11-6-4-5-7-12(11)14;/h4-7,18H,3,8-10H2,1-2H3,(H2,15,16,17);1H. The number of rotatable bonds is 7. The molecular weight excluding hydrogens is 422 g/mol. The molecule has 3 N–H and O–H groups in total. The van der Waals surface area contributed by atoms with Gasteiger partial charge in [-0.25, -0.2) is 17.5 Å². The summed E-state index contributed by atoms with van der Waals surface area (Å²) in [7, 11) is -1.59. The van der Waals surface area contributed by atoms with Crippen LogP contribution in [0.1, 0.15) is 12.5 Å². The van der Waals surface area contributed by atoms with Gasteiger partial charge in [0.25, 0.3) is 0 Å². The van der Waals surface area contributed by atoms with Crippen LogP contribution in [0.25, 0.3) is 0 Å². The maximum atomic E-state index is 13.4. The van der Waals surface area contributed by atoms with Gasteiger partial charge < -0.3 is 10.6 Å². The molecule has 0 aliphatic carbocycles. The van der Waals surface area contributed by atoms with Crippen molar-refractivity contribution in [1.82, 2.24) is 15.4 Å². The van der Waals surface area contributed by atoms with Crippen LogP contribution in [0.15, 0.2) is 29.3 Å². The fourth-order valence-electron chi connectivity index (χ4n) is 1.53. The number of hydrogen-bond donors (Lipinski definition) is 3. The van der Waals surface area contributed by atoms with E-state index in [-0.39, 0.29) is 42.1 Å². The topological polar surface area (TPSA) is 82.6 Å². The van der Waals surface area contributed by atoms with Gasteiger partial charge in [0.1, 0.15) is 5.82 Å². The van der Waals surface area contributed by atoms with Gasteiger partial charge >= 0.3 is 0 Å². The molecule has 1 rings (SSSR count). The minimum atomic E-state index is -3.18. The van der Waals surface area contributed by atoms with Crippen molar-refractivity contribution >= 4 is 40.0 Å². The molecule has 0 unspecified atom stereocenters. The lowest BCUT2D eigenvalue weighted by Gasteiger charge is -2.12. The molecule has 0 aliphatic heterocycles. The fraction of sp³-hybridized carbons (Fsp3) is 0.462. The number of nitrogens with one attached hydrogen (secondary N) is 3. The third kappa shape index (κ3) is 7.90. The van der Waals surface area contributed by atoms with Crippen molar-refractivity contribution in [3.8, 4) is 0 Å². The Bertz CT molecular complexity index is 581. The maximum Gasteiger partial charge on any atom is 0.211 e. The second-order valence-corrected chi connectivity index (χ2v) is 6.34. The van der Waals surface area contributed by atoms with Crippen molar-refractivity contribution in [3.05, 3.63) is 35.6 Å². The highest BCUT2D eigenvalue weighted by Gasteiger charge is 2.05. The predicted molar refractivity (Wildman–Crippen MR) is 97.5 cm³/mol. The summed E-state index contributed by atoms with van der Waals surface area (Å²) in [6, 6.07) is 6.47. The van der Waals surface area contributed by atoms with Crippen molar-refractivity contribution in [1.29, 1.82) is 0 Å². The largest absolute Gasteiger partial charge is 0.355 e. The number of nitrogens with zero attached hydrogens (tertiary/aromatic N) is 1. The number of hydrogen-bond acceptors (Lipinski definition) is 3. The lowest BCUT2D eigenvalue weighted by Crippen LogP contribution is -2.41. The molecule has 126 valence electrons. The maximum absolute atomic E-state index is 13.4. The van der Waals surface area contributed by atoms with Crippen LogP contribution in [-0.4, -0.2) is 40.3 Å². The van der Waals surface area contributed by atoms with E-state index in [4.69, 9.17) is 0 Å². The molecule has 0 saturated carbocycles. The van der Waals surface area contributed by atoms with Crippen molar-refractivity contribution in [2.45, 2.75) is 13.5 Å². The fourth-order valence-corrected chi connectivity index (χ4v) is 2.15. The minimum absolute atomic E-state index is 0. The summed E-state index contributed by atoms with van der Waals surface area (Å²) >= 11 is 0. The van der Waals surface area contributed by atoms with E-state index in [1.54, 1.807) is 32.2 Å². The Balaban J connectivity index is 0.00000441. The molecule has 0 saturated heterocycles. The Morgan fingerprint density at radius 3 is 2.50 bits per heavy atom. The van der Waals surface area contributed by atoms with Gasteiger partial charge in [-0.05, 0) is 13.0 Å². The van der Waals surface area contributed by atoms with Gasteiger partial charge in [-0.3, -0.25) is 4.99 Å². The Kier molecular flexibility index (Phi) is 10.3. The molecular formula is C13H22FIN4O2S. The Labute approximate surface area is 148 Å². The van der Waals surface area contributed by atoms with Crippen LogP contribution < -0.4 is 15.4 Å². The van der Waals surface area contributed by atoms with Gasteiger partial charge in [-0.1, -0.05) is 18.2 Å². The van der Waals surface area contributed by atoms with Crippen LogP contribution in [0.2, 0.25) is 0 Å². The molecule has 1 aromatic carbocycles. The predicted octanol–water partition coefficient (Wildman–Crippen LogP) is 1.05. The molecule has 0 atom stereocenters. The lowest BCUT2D eigenvalue weighted by molar-refractivity contribution is 0.581. The third-order valence-electron chi connectivity index (χ3n) is 2.75. The zero-order valence-electron chi connectivity index (χ0n) is 12.6. The zero-order chi connectivity index (χ0) is 15.7. The molecule has 0 bridgehead atoms. The summed E-state index contributed by atoms with van der Waals surface area (Å²) in [4.78, 5) is 3.98. The smallest absolute Gasteiger partial charge is 0.211 e. The van der Waals surface area contributed by atoms with Gasteiger partial charge in [0.05, 0.1) is 5.75 Å². The summed E-state index contributed by atoms with van der Waals surface area (Å²) in [5, 5.41) is 5.91. The Morgan fingerprint density at radius 1 is 1.23 bits per heavy atom. The molecule has 9 heteroatoms. The molecule has 0 heterocycles. The summed E-state index contributed by atoms with van der Waals surface area (Å²) < 4.78 is 38.4. The summed E-state index contributed by atoms with van der Waals surface area (Å²) in [6.07, 6.45) is 0. The zero-order valence-corrected chi connectivity index (χ0v) is 15.7. The normalized spacial score (nSPS) is 11.7. The minimum Gasteiger partial charge on any atom is -0.355 e. The second-order valence-electron chi connectivity index (χ2n) is 4.24. The van der Waals surface area contributed by atoms with E-state index < -0.39 is 10.0 Å². The lowest BCUT2D eigenvalue weighted by atomic mass is 10.2. The molecule has 0 amide bonds. The first-order chi connectivity index (χ1) is 9.98. The summed E-state index contributed by atoms with van der Waals surface area (Å²) in [5.74, 6) is 0.248. The number of halogens is 2. The quantitative estimate of drug-likeness (QED) is 0.254. The van der Waals surface area contributed by atoms with E-state index in [9.17, 15) is 12.8 Å². The van der Waals surface area contributed by atoms with Crippen LogP contribution in [0.3, 0.4) is 0 Å². The first-order valence-electron chi connectivity index (χ1n) is 6.63. The number of aliphatic imine (C=N–C) groups is 1. The number of benzene rings is 1. The molecule has 6 nitrogen and oxygen atoms in total. The Hall–Kier alpha value is -0.940. The van der Waals surface area contributed by atoms with E-state index in [1.807, 2.05) is 0 Å². The molecule has 0 radical (unpaired) electrons. The van der Waals surface area contributed by atoms with Crippen molar-refractivity contribution in [3.63, 3.8) is 0 Å². The molecule has 0 spiro atoms.